The molecule has 4 aromatic carbocycles. The summed E-state index contributed by atoms with van der Waals surface area (Å²) in [5.74, 6) is 0. The van der Waals surface area contributed by atoms with Crippen molar-refractivity contribution in [2.75, 3.05) is 53.4 Å². The van der Waals surface area contributed by atoms with Gasteiger partial charge in [-0.1, -0.05) is 121 Å². The molecule has 2 saturated heterocycles. The van der Waals surface area contributed by atoms with Gasteiger partial charge in [0.1, 0.15) is 0 Å². The standard InChI is InChI=1S/C38H46N4/c1-39-27-37(33-21-11-5-12-22-33)41(29-35(39)31-17-7-3-8-18-31)25-15-16-26-42-30-36(32-19-9-4-10-20-32)40(2)28-38(42)34-23-13-6-14-24-34/h3-14,17-24,35-38H,15-16,25-30H2,1-2H3/t35-,36-,37-,38-/m0/s1. The number of likely N-dealkylation sites (N-methyl/N-ethyl adjacent to an activating group) is 2. The maximum atomic E-state index is 2.76. The van der Waals surface area contributed by atoms with Crippen molar-refractivity contribution < 1.29 is 0 Å². The van der Waals surface area contributed by atoms with Crippen LogP contribution in [-0.4, -0.2) is 73.0 Å². The van der Waals surface area contributed by atoms with Gasteiger partial charge in [-0.15, -0.1) is 0 Å². The normalized spacial score (nSPS) is 24.5. The first kappa shape index (κ1) is 28.8. The van der Waals surface area contributed by atoms with Gasteiger partial charge in [0, 0.05) is 50.3 Å². The van der Waals surface area contributed by atoms with Gasteiger partial charge in [-0.25, -0.2) is 0 Å². The number of nitrogens with zero attached hydrogens (tertiary/aromatic N) is 4. The Labute approximate surface area is 253 Å². The molecule has 0 radical (unpaired) electrons. The van der Waals surface area contributed by atoms with Gasteiger partial charge in [-0.05, 0) is 62.3 Å². The van der Waals surface area contributed by atoms with Gasteiger partial charge in [-0.3, -0.25) is 19.6 Å². The lowest BCUT2D eigenvalue weighted by Crippen LogP contribution is -2.49. The number of unbranched alkanes of at least 4 members (excludes halogenated alkanes) is 1. The smallest absolute Gasteiger partial charge is 0.0476 e. The number of hydrogen-bond acceptors (Lipinski definition) is 4. The fraction of sp³-hybridized carbons (Fsp3) is 0.368. The van der Waals surface area contributed by atoms with Crippen LogP contribution in [0.15, 0.2) is 121 Å². The Morgan fingerprint density at radius 2 is 0.690 bits per heavy atom. The zero-order chi connectivity index (χ0) is 28.7. The summed E-state index contributed by atoms with van der Waals surface area (Å²) in [6, 6.07) is 46.1. The van der Waals surface area contributed by atoms with Gasteiger partial charge >= 0.3 is 0 Å². The second-order valence-electron chi connectivity index (χ2n) is 12.3. The topological polar surface area (TPSA) is 13.0 Å². The second-order valence-corrected chi connectivity index (χ2v) is 12.3. The summed E-state index contributed by atoms with van der Waals surface area (Å²) >= 11 is 0. The van der Waals surface area contributed by atoms with Crippen molar-refractivity contribution in [3.63, 3.8) is 0 Å². The van der Waals surface area contributed by atoms with Gasteiger partial charge in [0.25, 0.3) is 0 Å². The van der Waals surface area contributed by atoms with Crippen molar-refractivity contribution in [1.82, 2.24) is 19.6 Å². The Morgan fingerprint density at radius 1 is 0.405 bits per heavy atom. The van der Waals surface area contributed by atoms with E-state index >= 15 is 0 Å². The number of hydrogen-bond donors (Lipinski definition) is 0. The fourth-order valence-corrected chi connectivity index (χ4v) is 7.19. The van der Waals surface area contributed by atoms with E-state index < -0.39 is 0 Å². The Hall–Kier alpha value is -3.28. The predicted molar refractivity (Wildman–Crippen MR) is 174 cm³/mol. The highest BCUT2D eigenvalue weighted by Crippen LogP contribution is 2.36. The van der Waals surface area contributed by atoms with Crippen molar-refractivity contribution in [2.45, 2.75) is 37.0 Å². The first-order valence-electron chi connectivity index (χ1n) is 15.8. The van der Waals surface area contributed by atoms with Crippen molar-refractivity contribution in [3.8, 4) is 0 Å². The Bertz CT molecular complexity index is 1240. The summed E-state index contributed by atoms with van der Waals surface area (Å²) < 4.78 is 0. The first-order valence-corrected chi connectivity index (χ1v) is 15.8. The fourth-order valence-electron chi connectivity index (χ4n) is 7.19. The zero-order valence-electron chi connectivity index (χ0n) is 25.3. The van der Waals surface area contributed by atoms with Gasteiger partial charge in [0.2, 0.25) is 0 Å². The van der Waals surface area contributed by atoms with E-state index in [-0.39, 0.29) is 0 Å². The van der Waals surface area contributed by atoms with Crippen LogP contribution in [0.5, 0.6) is 0 Å². The molecule has 0 N–H and O–H groups in total. The molecular formula is C38H46N4. The third-order valence-corrected chi connectivity index (χ3v) is 9.56. The van der Waals surface area contributed by atoms with E-state index in [9.17, 15) is 0 Å². The predicted octanol–water partition coefficient (Wildman–Crippen LogP) is 7.23. The SMILES string of the molecule is CN1C[C@@H](c2ccccc2)N(CCCCN2C[C@@H](c3ccccc3)N(C)C[C@H]2c2ccccc2)C[C@H]1c1ccccc1. The summed E-state index contributed by atoms with van der Waals surface area (Å²) in [6.45, 7) is 6.49. The highest BCUT2D eigenvalue weighted by Gasteiger charge is 2.35. The highest BCUT2D eigenvalue weighted by atomic mass is 15.3. The quantitative estimate of drug-likeness (QED) is 0.201. The molecule has 0 spiro atoms. The molecule has 0 aliphatic carbocycles. The minimum atomic E-state index is 0.429. The van der Waals surface area contributed by atoms with Crippen LogP contribution >= 0.6 is 0 Å². The minimum Gasteiger partial charge on any atom is -0.296 e. The molecule has 4 heteroatoms. The van der Waals surface area contributed by atoms with Crippen molar-refractivity contribution in [3.05, 3.63) is 144 Å². The molecule has 0 unspecified atom stereocenters. The Morgan fingerprint density at radius 3 is 1.00 bits per heavy atom. The monoisotopic (exact) mass is 558 g/mol. The average molecular weight is 559 g/mol. The van der Waals surface area contributed by atoms with Crippen LogP contribution in [-0.2, 0) is 0 Å². The molecule has 0 amide bonds. The zero-order valence-corrected chi connectivity index (χ0v) is 25.3. The molecule has 0 aromatic heterocycles. The number of piperazine rings is 2. The largest absolute Gasteiger partial charge is 0.296 e. The van der Waals surface area contributed by atoms with E-state index in [0.29, 0.717) is 24.2 Å². The maximum absolute atomic E-state index is 2.76. The van der Waals surface area contributed by atoms with Crippen molar-refractivity contribution in [1.29, 1.82) is 0 Å². The molecule has 2 fully saturated rings. The van der Waals surface area contributed by atoms with E-state index in [0.717, 1.165) is 39.3 Å². The van der Waals surface area contributed by atoms with E-state index in [4.69, 9.17) is 0 Å². The molecular weight excluding hydrogens is 512 g/mol. The maximum Gasteiger partial charge on any atom is 0.0476 e. The van der Waals surface area contributed by atoms with Crippen LogP contribution in [0.2, 0.25) is 0 Å². The summed E-state index contributed by atoms with van der Waals surface area (Å²) in [7, 11) is 4.59. The highest BCUT2D eigenvalue weighted by molar-refractivity contribution is 5.26. The van der Waals surface area contributed by atoms with Crippen LogP contribution in [0, 0.1) is 0 Å². The lowest BCUT2D eigenvalue weighted by molar-refractivity contribution is 0.0322. The van der Waals surface area contributed by atoms with Gasteiger partial charge in [0.15, 0.2) is 0 Å². The summed E-state index contributed by atoms with van der Waals surface area (Å²) in [4.78, 5) is 10.6. The molecule has 218 valence electrons. The first-order chi connectivity index (χ1) is 20.7. The van der Waals surface area contributed by atoms with Gasteiger partial charge < -0.3 is 0 Å². The Kier molecular flexibility index (Phi) is 9.47. The lowest BCUT2D eigenvalue weighted by atomic mass is 9.95. The van der Waals surface area contributed by atoms with Crippen LogP contribution in [0.3, 0.4) is 0 Å². The lowest BCUT2D eigenvalue weighted by Gasteiger charge is -2.46. The van der Waals surface area contributed by atoms with E-state index in [2.05, 4.69) is 155 Å². The number of rotatable bonds is 9. The van der Waals surface area contributed by atoms with E-state index in [1.165, 1.54) is 35.1 Å². The average Bonchev–Trinajstić information content (AvgIpc) is 3.05. The third-order valence-electron chi connectivity index (χ3n) is 9.56. The minimum absolute atomic E-state index is 0.429. The molecule has 4 aromatic rings. The van der Waals surface area contributed by atoms with Gasteiger partial charge in [0.05, 0.1) is 0 Å². The molecule has 2 aliphatic rings. The molecule has 2 heterocycles. The van der Waals surface area contributed by atoms with E-state index in [1.54, 1.807) is 0 Å². The molecule has 0 saturated carbocycles. The molecule has 4 nitrogen and oxygen atoms in total. The van der Waals surface area contributed by atoms with Crippen LogP contribution in [0.4, 0.5) is 0 Å². The Balaban J connectivity index is 1.15. The molecule has 2 aliphatic heterocycles. The summed E-state index contributed by atoms with van der Waals surface area (Å²) in [5, 5.41) is 0. The third kappa shape index (κ3) is 6.68. The van der Waals surface area contributed by atoms with Crippen LogP contribution in [0.25, 0.3) is 0 Å². The molecule has 4 atom stereocenters. The van der Waals surface area contributed by atoms with Crippen LogP contribution in [0.1, 0.15) is 59.3 Å². The molecule has 6 rings (SSSR count). The summed E-state index contributed by atoms with van der Waals surface area (Å²) in [6.07, 6.45) is 2.41. The summed E-state index contributed by atoms with van der Waals surface area (Å²) in [5.41, 5.74) is 5.72. The van der Waals surface area contributed by atoms with Crippen molar-refractivity contribution >= 4 is 0 Å². The second kappa shape index (κ2) is 13.8. The van der Waals surface area contributed by atoms with E-state index in [1.807, 2.05) is 0 Å². The molecule has 0 bridgehead atoms. The van der Waals surface area contributed by atoms with Crippen molar-refractivity contribution in [2.24, 2.45) is 0 Å². The molecule has 42 heavy (non-hydrogen) atoms. The van der Waals surface area contributed by atoms with Gasteiger partial charge in [-0.2, -0.15) is 0 Å². The van der Waals surface area contributed by atoms with Crippen LogP contribution < -0.4 is 0 Å². The number of benzene rings is 4.